The number of phosphoric acid groups is 1. The van der Waals surface area contributed by atoms with Gasteiger partial charge in [0.25, 0.3) is 0 Å². The Hall–Kier alpha value is 0.110. The van der Waals surface area contributed by atoms with Crippen molar-refractivity contribution in [3.63, 3.8) is 0 Å². The predicted octanol–water partition coefficient (Wildman–Crippen LogP) is 8.79. The monoisotopic (exact) mass is 434 g/mol. The molecule has 0 rings (SSSR count). The highest BCUT2D eigenvalue weighted by Crippen LogP contribution is 2.62. The minimum absolute atomic E-state index is 0.237. The first kappa shape index (κ1) is 29.1. The van der Waals surface area contributed by atoms with Crippen LogP contribution in [-0.2, 0) is 18.1 Å². The molecular formula is C24H51O4P. The number of hydrogen-bond acceptors (Lipinski definition) is 4. The molecule has 0 aromatic carbocycles. The maximum Gasteiger partial charge on any atom is 0.476 e. The van der Waals surface area contributed by atoms with Crippen molar-refractivity contribution in [3.05, 3.63) is 0 Å². The van der Waals surface area contributed by atoms with Crippen molar-refractivity contribution >= 4 is 7.82 Å². The van der Waals surface area contributed by atoms with E-state index in [-0.39, 0.29) is 17.8 Å². The van der Waals surface area contributed by atoms with Gasteiger partial charge < -0.3 is 0 Å². The van der Waals surface area contributed by atoms with Gasteiger partial charge in [-0.05, 0) is 57.8 Å². The van der Waals surface area contributed by atoms with Crippen LogP contribution in [0.15, 0.2) is 0 Å². The zero-order valence-electron chi connectivity index (χ0n) is 21.6. The van der Waals surface area contributed by atoms with Gasteiger partial charge >= 0.3 is 7.82 Å². The molecule has 0 fully saturated rings. The first-order valence-corrected chi connectivity index (χ1v) is 13.4. The Balaban J connectivity index is 6.27. The van der Waals surface area contributed by atoms with E-state index in [0.717, 1.165) is 38.5 Å². The second-order valence-corrected chi connectivity index (χ2v) is 11.1. The van der Waals surface area contributed by atoms with Crippen LogP contribution in [0.3, 0.4) is 0 Å². The lowest BCUT2D eigenvalue weighted by Crippen LogP contribution is -2.42. The van der Waals surface area contributed by atoms with Crippen LogP contribution in [0.5, 0.6) is 0 Å². The summed E-state index contributed by atoms with van der Waals surface area (Å²) >= 11 is 0. The lowest BCUT2D eigenvalue weighted by atomic mass is 9.86. The first-order valence-electron chi connectivity index (χ1n) is 12.0. The lowest BCUT2D eigenvalue weighted by molar-refractivity contribution is -0.0956. The van der Waals surface area contributed by atoms with Gasteiger partial charge in [-0.2, -0.15) is 0 Å². The Morgan fingerprint density at radius 2 is 0.793 bits per heavy atom. The van der Waals surface area contributed by atoms with E-state index in [4.69, 9.17) is 13.6 Å². The Labute approximate surface area is 182 Å². The molecule has 0 spiro atoms. The third kappa shape index (κ3) is 7.34. The number of phosphoric ester groups is 1. The number of hydrogen-bond donors (Lipinski definition) is 0. The summed E-state index contributed by atoms with van der Waals surface area (Å²) in [5, 5.41) is 0. The Bertz CT molecular complexity index is 454. The highest BCUT2D eigenvalue weighted by atomic mass is 31.2. The highest BCUT2D eigenvalue weighted by molar-refractivity contribution is 7.48. The SMILES string of the molecule is CCC(C)C(C)(CC)OP(=O)(OC(C)(CC)C(C)CC)OC(C)(CC)C(C)CC. The van der Waals surface area contributed by atoms with Gasteiger partial charge in [0.05, 0.1) is 16.8 Å². The summed E-state index contributed by atoms with van der Waals surface area (Å²) in [5.74, 6) is 0.711. The largest absolute Gasteiger partial charge is 0.476 e. The van der Waals surface area contributed by atoms with Crippen LogP contribution in [0.1, 0.15) is 122 Å². The summed E-state index contributed by atoms with van der Waals surface area (Å²) in [6, 6.07) is 0. The van der Waals surface area contributed by atoms with E-state index in [9.17, 15) is 4.57 Å². The molecular weight excluding hydrogens is 383 g/mol. The van der Waals surface area contributed by atoms with Crippen LogP contribution in [0.4, 0.5) is 0 Å². The van der Waals surface area contributed by atoms with Gasteiger partial charge in [-0.25, -0.2) is 4.57 Å². The van der Waals surface area contributed by atoms with Gasteiger partial charge in [-0.15, -0.1) is 0 Å². The van der Waals surface area contributed by atoms with Gasteiger partial charge in [0, 0.05) is 0 Å². The first-order chi connectivity index (χ1) is 13.2. The van der Waals surface area contributed by atoms with Crippen molar-refractivity contribution in [2.75, 3.05) is 0 Å². The fourth-order valence-electron chi connectivity index (χ4n) is 3.63. The molecule has 0 aromatic heterocycles. The minimum atomic E-state index is -3.83. The standard InChI is InChI=1S/C24H51O4P/c1-13-19(7)22(10,16-4)26-29(25,27-23(11,17-5)20(8)14-2)28-24(12,18-6)21(9)15-3/h19-21H,13-18H2,1-12H3. The zero-order valence-corrected chi connectivity index (χ0v) is 22.4. The van der Waals surface area contributed by atoms with Gasteiger partial charge in [-0.1, -0.05) is 81.6 Å². The molecule has 6 atom stereocenters. The van der Waals surface area contributed by atoms with Crippen molar-refractivity contribution in [2.45, 2.75) is 138 Å². The van der Waals surface area contributed by atoms with E-state index in [1.54, 1.807) is 0 Å². The van der Waals surface area contributed by atoms with Crippen molar-refractivity contribution in [1.82, 2.24) is 0 Å². The summed E-state index contributed by atoms with van der Waals surface area (Å²) in [4.78, 5) is 0. The average Bonchev–Trinajstić information content (AvgIpc) is 2.70. The fraction of sp³-hybridized carbons (Fsp3) is 1.00. The van der Waals surface area contributed by atoms with E-state index in [1.807, 2.05) is 20.8 Å². The predicted molar refractivity (Wildman–Crippen MR) is 125 cm³/mol. The molecule has 0 N–H and O–H groups in total. The molecule has 0 saturated heterocycles. The maximum atomic E-state index is 14.3. The molecule has 0 aliphatic carbocycles. The second kappa shape index (κ2) is 11.7. The third-order valence-electron chi connectivity index (χ3n) is 8.03. The summed E-state index contributed by atoms with van der Waals surface area (Å²) < 4.78 is 33.6. The van der Waals surface area contributed by atoms with Crippen LogP contribution in [-0.4, -0.2) is 16.8 Å². The van der Waals surface area contributed by atoms with Gasteiger partial charge in [0.1, 0.15) is 0 Å². The second-order valence-electron chi connectivity index (χ2n) is 9.65. The molecule has 0 saturated carbocycles. The van der Waals surface area contributed by atoms with Gasteiger partial charge in [0.2, 0.25) is 0 Å². The van der Waals surface area contributed by atoms with E-state index < -0.39 is 24.6 Å². The molecule has 6 unspecified atom stereocenters. The molecule has 0 bridgehead atoms. The van der Waals surface area contributed by atoms with Crippen LogP contribution in [0, 0.1) is 17.8 Å². The lowest BCUT2D eigenvalue weighted by Gasteiger charge is -2.44. The summed E-state index contributed by atoms with van der Waals surface area (Å²) in [5.41, 5.74) is -1.71. The van der Waals surface area contributed by atoms with Crippen molar-refractivity contribution in [2.24, 2.45) is 17.8 Å². The van der Waals surface area contributed by atoms with Crippen LogP contribution >= 0.6 is 7.82 Å². The normalized spacial score (nSPS) is 23.9. The number of rotatable bonds is 15. The van der Waals surface area contributed by atoms with Gasteiger partial charge in [0.15, 0.2) is 0 Å². The molecule has 0 heterocycles. The smallest absolute Gasteiger partial charge is 0.280 e. The summed E-state index contributed by atoms with van der Waals surface area (Å²) in [6.45, 7) is 25.2. The molecule has 5 heteroatoms. The van der Waals surface area contributed by atoms with Crippen molar-refractivity contribution in [1.29, 1.82) is 0 Å². The molecule has 0 aromatic rings. The Morgan fingerprint density at radius 3 is 0.931 bits per heavy atom. The van der Waals surface area contributed by atoms with Gasteiger partial charge in [-0.3, -0.25) is 13.6 Å². The summed E-state index contributed by atoms with van der Waals surface area (Å²) in [7, 11) is -3.83. The summed E-state index contributed by atoms with van der Waals surface area (Å²) in [6.07, 6.45) is 5.07. The van der Waals surface area contributed by atoms with Crippen LogP contribution in [0.2, 0.25) is 0 Å². The van der Waals surface area contributed by atoms with E-state index in [2.05, 4.69) is 62.3 Å². The van der Waals surface area contributed by atoms with Crippen LogP contribution < -0.4 is 0 Å². The van der Waals surface area contributed by atoms with E-state index in [1.165, 1.54) is 0 Å². The third-order valence-corrected chi connectivity index (χ3v) is 9.95. The Morgan fingerprint density at radius 1 is 0.586 bits per heavy atom. The van der Waals surface area contributed by atoms with Crippen molar-refractivity contribution in [3.8, 4) is 0 Å². The van der Waals surface area contributed by atoms with E-state index in [0.29, 0.717) is 0 Å². The molecule has 29 heavy (non-hydrogen) atoms. The topological polar surface area (TPSA) is 44.8 Å². The van der Waals surface area contributed by atoms with Crippen LogP contribution in [0.25, 0.3) is 0 Å². The molecule has 4 nitrogen and oxygen atoms in total. The molecule has 176 valence electrons. The average molecular weight is 435 g/mol. The molecule has 0 radical (unpaired) electrons. The van der Waals surface area contributed by atoms with E-state index >= 15 is 0 Å². The minimum Gasteiger partial charge on any atom is -0.280 e. The maximum absolute atomic E-state index is 14.3. The molecule has 0 amide bonds. The van der Waals surface area contributed by atoms with Crippen molar-refractivity contribution < 1.29 is 18.1 Å². The Kier molecular flexibility index (Phi) is 11.7. The fourth-order valence-corrected chi connectivity index (χ4v) is 6.20. The molecule has 0 aliphatic heterocycles. The highest BCUT2D eigenvalue weighted by Gasteiger charge is 2.49. The zero-order chi connectivity index (χ0) is 23.1. The quantitative estimate of drug-likeness (QED) is 0.242. The molecule has 0 aliphatic rings.